The zero-order chi connectivity index (χ0) is 21.8. The minimum Gasteiger partial charge on any atom is -0.325 e. The van der Waals surface area contributed by atoms with Gasteiger partial charge in [-0.05, 0) is 49.9 Å². The van der Waals surface area contributed by atoms with Gasteiger partial charge >= 0.3 is 0 Å². The lowest BCUT2D eigenvalue weighted by atomic mass is 9.98. The SMILES string of the molecule is CCN1CCC2(CC1)N=C(SCC(=O)Nc1ccc(C)cc1)C(c1ccc(F)cc1)=N2. The van der Waals surface area contributed by atoms with Crippen LogP contribution in [-0.2, 0) is 4.79 Å². The second-order valence-electron chi connectivity index (χ2n) is 8.00. The molecule has 2 aliphatic heterocycles. The third-order valence-electron chi connectivity index (χ3n) is 5.73. The number of piperidine rings is 1. The molecule has 162 valence electrons. The van der Waals surface area contributed by atoms with Gasteiger partial charge in [-0.25, -0.2) is 9.38 Å². The van der Waals surface area contributed by atoms with Crippen molar-refractivity contribution in [1.82, 2.24) is 4.90 Å². The molecule has 1 saturated heterocycles. The van der Waals surface area contributed by atoms with E-state index < -0.39 is 5.66 Å². The van der Waals surface area contributed by atoms with Crippen LogP contribution < -0.4 is 5.32 Å². The lowest BCUT2D eigenvalue weighted by Crippen LogP contribution is -2.41. The number of aliphatic imine (C=N–C) groups is 2. The van der Waals surface area contributed by atoms with E-state index in [9.17, 15) is 9.18 Å². The van der Waals surface area contributed by atoms with Gasteiger partial charge in [0.1, 0.15) is 10.9 Å². The number of anilines is 1. The van der Waals surface area contributed by atoms with Gasteiger partial charge < -0.3 is 10.2 Å². The maximum absolute atomic E-state index is 13.5. The fraction of sp³-hybridized carbons (Fsp3) is 0.375. The molecule has 0 unspecified atom stereocenters. The Labute approximate surface area is 186 Å². The number of nitrogens with zero attached hydrogens (tertiary/aromatic N) is 3. The maximum Gasteiger partial charge on any atom is 0.234 e. The van der Waals surface area contributed by atoms with Crippen molar-refractivity contribution >= 4 is 34.1 Å². The van der Waals surface area contributed by atoms with Gasteiger partial charge in [-0.3, -0.25) is 9.79 Å². The molecule has 5 nitrogen and oxygen atoms in total. The highest BCUT2D eigenvalue weighted by Crippen LogP contribution is 2.35. The fourth-order valence-corrected chi connectivity index (χ4v) is 4.71. The van der Waals surface area contributed by atoms with Crippen LogP contribution in [0.2, 0.25) is 0 Å². The molecule has 1 spiro atoms. The standard InChI is InChI=1S/C24H27FN4OS/c1-3-29-14-12-24(13-15-29)27-22(18-6-8-19(25)9-7-18)23(28-24)31-16-21(30)26-20-10-4-17(2)5-11-20/h4-11H,3,12-16H2,1-2H3,(H,26,30). The number of carbonyl (C=O) groups is 1. The van der Waals surface area contributed by atoms with Crippen LogP contribution in [0.5, 0.6) is 0 Å². The van der Waals surface area contributed by atoms with Gasteiger partial charge in [0.15, 0.2) is 5.66 Å². The molecular formula is C24H27FN4OS. The third kappa shape index (κ3) is 5.22. The first-order valence-corrected chi connectivity index (χ1v) is 11.6. The summed E-state index contributed by atoms with van der Waals surface area (Å²) in [5.41, 5.74) is 3.05. The molecule has 2 aromatic carbocycles. The summed E-state index contributed by atoms with van der Waals surface area (Å²) in [7, 11) is 0. The molecule has 0 radical (unpaired) electrons. The molecule has 0 aromatic heterocycles. The van der Waals surface area contributed by atoms with E-state index in [-0.39, 0.29) is 17.5 Å². The predicted molar refractivity (Wildman–Crippen MR) is 127 cm³/mol. The first kappa shape index (κ1) is 21.7. The normalized spacial score (nSPS) is 18.0. The highest BCUT2D eigenvalue weighted by Gasteiger charge is 2.39. The van der Waals surface area contributed by atoms with Crippen molar-refractivity contribution in [3.05, 3.63) is 65.5 Å². The van der Waals surface area contributed by atoms with E-state index in [1.807, 2.05) is 31.2 Å². The Balaban J connectivity index is 1.49. The van der Waals surface area contributed by atoms with Gasteiger partial charge in [0, 0.05) is 37.2 Å². The Bertz CT molecular complexity index is 993. The summed E-state index contributed by atoms with van der Waals surface area (Å²) in [4.78, 5) is 24.9. The van der Waals surface area contributed by atoms with Crippen molar-refractivity contribution in [2.75, 3.05) is 30.7 Å². The quantitative estimate of drug-likeness (QED) is 0.747. The molecule has 2 heterocycles. The van der Waals surface area contributed by atoms with Gasteiger partial charge in [-0.1, -0.05) is 36.4 Å². The molecule has 1 N–H and O–H groups in total. The number of likely N-dealkylation sites (tertiary alicyclic amines) is 1. The lowest BCUT2D eigenvalue weighted by molar-refractivity contribution is -0.113. The Morgan fingerprint density at radius 3 is 2.42 bits per heavy atom. The van der Waals surface area contributed by atoms with Crippen LogP contribution in [0.4, 0.5) is 10.1 Å². The van der Waals surface area contributed by atoms with E-state index in [0.29, 0.717) is 0 Å². The topological polar surface area (TPSA) is 57.1 Å². The highest BCUT2D eigenvalue weighted by molar-refractivity contribution is 8.16. The minimum atomic E-state index is -0.467. The third-order valence-corrected chi connectivity index (χ3v) is 6.69. The van der Waals surface area contributed by atoms with Crippen LogP contribution in [0.25, 0.3) is 0 Å². The molecule has 2 aliphatic rings. The van der Waals surface area contributed by atoms with Crippen LogP contribution in [0.1, 0.15) is 30.9 Å². The van der Waals surface area contributed by atoms with Crippen molar-refractivity contribution < 1.29 is 9.18 Å². The Kier molecular flexibility index (Phi) is 6.53. The summed E-state index contributed by atoms with van der Waals surface area (Å²) in [5.74, 6) is -0.127. The van der Waals surface area contributed by atoms with Crippen LogP contribution >= 0.6 is 11.8 Å². The first-order chi connectivity index (χ1) is 15.0. The number of carbonyl (C=O) groups excluding carboxylic acids is 1. The van der Waals surface area contributed by atoms with E-state index >= 15 is 0 Å². The number of benzene rings is 2. The average Bonchev–Trinajstić information content (AvgIpc) is 3.13. The summed E-state index contributed by atoms with van der Waals surface area (Å²) in [6.07, 6.45) is 1.70. The van der Waals surface area contributed by atoms with E-state index in [0.717, 1.165) is 60.0 Å². The Morgan fingerprint density at radius 1 is 1.10 bits per heavy atom. The molecule has 31 heavy (non-hydrogen) atoms. The molecule has 0 atom stereocenters. The summed E-state index contributed by atoms with van der Waals surface area (Å²) in [6.45, 7) is 7.10. The monoisotopic (exact) mass is 438 g/mol. The van der Waals surface area contributed by atoms with E-state index in [4.69, 9.17) is 9.98 Å². The van der Waals surface area contributed by atoms with Gasteiger partial charge in [0.2, 0.25) is 5.91 Å². The number of thioether (sulfide) groups is 1. The van der Waals surface area contributed by atoms with E-state index in [1.165, 1.54) is 23.9 Å². The first-order valence-electron chi connectivity index (χ1n) is 10.6. The van der Waals surface area contributed by atoms with Crippen molar-refractivity contribution in [2.24, 2.45) is 9.98 Å². The van der Waals surface area contributed by atoms with Gasteiger partial charge in [0.25, 0.3) is 0 Å². The second-order valence-corrected chi connectivity index (χ2v) is 8.97. The molecule has 7 heteroatoms. The molecule has 4 rings (SSSR count). The number of hydrogen-bond acceptors (Lipinski definition) is 5. The maximum atomic E-state index is 13.5. The molecule has 1 fully saturated rings. The Hall–Kier alpha value is -2.51. The van der Waals surface area contributed by atoms with Gasteiger partial charge in [0.05, 0.1) is 11.5 Å². The summed E-state index contributed by atoms with van der Waals surface area (Å²) in [5, 5.41) is 3.69. The highest BCUT2D eigenvalue weighted by atomic mass is 32.2. The fourth-order valence-electron chi connectivity index (χ4n) is 3.84. The van der Waals surface area contributed by atoms with Crippen LogP contribution in [0, 0.1) is 12.7 Å². The number of nitrogens with one attached hydrogen (secondary N) is 1. The molecule has 2 aromatic rings. The zero-order valence-corrected chi connectivity index (χ0v) is 18.7. The van der Waals surface area contributed by atoms with Crippen molar-refractivity contribution in [1.29, 1.82) is 0 Å². The number of aryl methyl sites for hydroxylation is 1. The number of halogens is 1. The summed E-state index contributed by atoms with van der Waals surface area (Å²) >= 11 is 1.40. The second kappa shape index (κ2) is 9.32. The van der Waals surface area contributed by atoms with Gasteiger partial charge in [-0.15, -0.1) is 0 Å². The molecule has 0 saturated carbocycles. The van der Waals surface area contributed by atoms with Crippen molar-refractivity contribution in [3.63, 3.8) is 0 Å². The summed E-state index contributed by atoms with van der Waals surface area (Å²) < 4.78 is 13.5. The predicted octanol–water partition coefficient (Wildman–Crippen LogP) is 4.52. The largest absolute Gasteiger partial charge is 0.325 e. The Morgan fingerprint density at radius 2 is 1.77 bits per heavy atom. The van der Waals surface area contributed by atoms with Crippen molar-refractivity contribution in [2.45, 2.75) is 32.4 Å². The van der Waals surface area contributed by atoms with Gasteiger partial charge in [-0.2, -0.15) is 0 Å². The smallest absolute Gasteiger partial charge is 0.234 e. The molecule has 0 aliphatic carbocycles. The number of amides is 1. The average molecular weight is 439 g/mol. The lowest BCUT2D eigenvalue weighted by Gasteiger charge is -2.34. The number of rotatable bonds is 5. The van der Waals surface area contributed by atoms with E-state index in [2.05, 4.69) is 17.1 Å². The van der Waals surface area contributed by atoms with Crippen LogP contribution in [0.15, 0.2) is 58.5 Å². The van der Waals surface area contributed by atoms with E-state index in [1.54, 1.807) is 12.1 Å². The number of hydrogen-bond donors (Lipinski definition) is 1. The summed E-state index contributed by atoms with van der Waals surface area (Å²) in [6, 6.07) is 14.1. The van der Waals surface area contributed by atoms with Crippen LogP contribution in [-0.4, -0.2) is 52.6 Å². The molecule has 1 amide bonds. The zero-order valence-electron chi connectivity index (χ0n) is 17.9. The minimum absolute atomic E-state index is 0.0863. The van der Waals surface area contributed by atoms with Crippen molar-refractivity contribution in [3.8, 4) is 0 Å². The molecule has 0 bridgehead atoms. The molecular weight excluding hydrogens is 411 g/mol. The van der Waals surface area contributed by atoms with Crippen LogP contribution in [0.3, 0.4) is 0 Å².